The van der Waals surface area contributed by atoms with Gasteiger partial charge in [0.25, 0.3) is 5.69 Å². The Labute approximate surface area is 105 Å². The van der Waals surface area contributed by atoms with Gasteiger partial charge in [-0.1, -0.05) is 6.92 Å². The van der Waals surface area contributed by atoms with Crippen LogP contribution >= 0.6 is 0 Å². The molecule has 0 radical (unpaired) electrons. The Kier molecular flexibility index (Phi) is 3.90. The lowest BCUT2D eigenvalue weighted by Gasteiger charge is -2.26. The number of hydrogen-bond donors (Lipinski definition) is 2. The van der Waals surface area contributed by atoms with Gasteiger partial charge in [0.05, 0.1) is 4.92 Å². The second-order valence-corrected chi connectivity index (χ2v) is 4.37. The number of anilines is 1. The molecule has 1 rings (SSSR count). The molecule has 1 aromatic carbocycles. The molecule has 6 heteroatoms. The number of nitrogens with one attached hydrogen (secondary N) is 1. The van der Waals surface area contributed by atoms with E-state index in [2.05, 4.69) is 5.32 Å². The largest absolute Gasteiger partial charge is 0.480 e. The fraction of sp³-hybridized carbons (Fsp3) is 0.417. The maximum atomic E-state index is 11.2. The highest BCUT2D eigenvalue weighted by atomic mass is 16.6. The Hall–Kier alpha value is -2.11. The summed E-state index contributed by atoms with van der Waals surface area (Å²) in [5, 5.41) is 22.7. The van der Waals surface area contributed by atoms with Gasteiger partial charge in [-0.3, -0.25) is 10.1 Å². The number of nitro benzene ring substituents is 1. The quantitative estimate of drug-likeness (QED) is 0.620. The first kappa shape index (κ1) is 14.0. The van der Waals surface area contributed by atoms with Crippen molar-refractivity contribution in [2.75, 3.05) is 5.32 Å². The van der Waals surface area contributed by atoms with Gasteiger partial charge in [0.2, 0.25) is 0 Å². The average Bonchev–Trinajstić information content (AvgIpc) is 2.31. The maximum absolute atomic E-state index is 11.2. The molecule has 0 aliphatic carbocycles. The van der Waals surface area contributed by atoms with Gasteiger partial charge in [0, 0.05) is 17.8 Å². The van der Waals surface area contributed by atoms with Crippen molar-refractivity contribution in [3.63, 3.8) is 0 Å². The van der Waals surface area contributed by atoms with Gasteiger partial charge < -0.3 is 10.4 Å². The van der Waals surface area contributed by atoms with Gasteiger partial charge >= 0.3 is 5.97 Å². The van der Waals surface area contributed by atoms with Crippen molar-refractivity contribution in [2.45, 2.75) is 32.7 Å². The minimum absolute atomic E-state index is 0.00780. The number of carboxylic acids is 1. The van der Waals surface area contributed by atoms with Gasteiger partial charge in [-0.15, -0.1) is 0 Å². The van der Waals surface area contributed by atoms with Gasteiger partial charge in [-0.25, -0.2) is 4.79 Å². The number of aryl methyl sites for hydroxylation is 1. The number of nitrogens with zero attached hydrogens (tertiary/aromatic N) is 1. The second kappa shape index (κ2) is 5.03. The summed E-state index contributed by atoms with van der Waals surface area (Å²) in [6.07, 6.45) is 0.402. The molecule has 0 bridgehead atoms. The molecule has 0 saturated carbocycles. The van der Waals surface area contributed by atoms with Crippen LogP contribution in [0.3, 0.4) is 0 Å². The zero-order valence-electron chi connectivity index (χ0n) is 10.6. The van der Waals surface area contributed by atoms with Gasteiger partial charge in [-0.2, -0.15) is 0 Å². The fourth-order valence-corrected chi connectivity index (χ4v) is 1.49. The summed E-state index contributed by atoms with van der Waals surface area (Å²) in [7, 11) is 0. The van der Waals surface area contributed by atoms with E-state index in [1.54, 1.807) is 20.8 Å². The van der Waals surface area contributed by atoms with Crippen molar-refractivity contribution in [1.29, 1.82) is 0 Å². The summed E-state index contributed by atoms with van der Waals surface area (Å²) in [5.41, 5.74) is 0.144. The van der Waals surface area contributed by atoms with E-state index in [4.69, 9.17) is 5.11 Å². The molecule has 0 amide bonds. The molecular weight excluding hydrogens is 236 g/mol. The lowest BCUT2D eigenvalue weighted by Crippen LogP contribution is -2.42. The van der Waals surface area contributed by atoms with Crippen molar-refractivity contribution in [1.82, 2.24) is 0 Å². The number of rotatable bonds is 5. The molecule has 1 atom stereocenters. The van der Waals surface area contributed by atoms with E-state index in [1.807, 2.05) is 0 Å². The number of aliphatic carboxylic acids is 1. The summed E-state index contributed by atoms with van der Waals surface area (Å²) in [4.78, 5) is 21.3. The van der Waals surface area contributed by atoms with Gasteiger partial charge in [0.1, 0.15) is 5.54 Å². The van der Waals surface area contributed by atoms with E-state index in [0.717, 1.165) is 0 Å². The first-order valence-electron chi connectivity index (χ1n) is 5.57. The highest BCUT2D eigenvalue weighted by Gasteiger charge is 2.31. The molecule has 0 aromatic heterocycles. The summed E-state index contributed by atoms with van der Waals surface area (Å²) < 4.78 is 0. The summed E-state index contributed by atoms with van der Waals surface area (Å²) in [6.45, 7) is 5.05. The third kappa shape index (κ3) is 2.77. The first-order valence-corrected chi connectivity index (χ1v) is 5.57. The highest BCUT2D eigenvalue weighted by Crippen LogP contribution is 2.25. The fourth-order valence-electron chi connectivity index (χ4n) is 1.49. The van der Waals surface area contributed by atoms with Crippen LogP contribution in [0.2, 0.25) is 0 Å². The third-order valence-corrected chi connectivity index (χ3v) is 3.01. The van der Waals surface area contributed by atoms with E-state index >= 15 is 0 Å². The van der Waals surface area contributed by atoms with Crippen LogP contribution in [0.4, 0.5) is 11.4 Å². The number of benzene rings is 1. The van der Waals surface area contributed by atoms with Gasteiger partial charge in [-0.05, 0) is 31.9 Å². The van der Waals surface area contributed by atoms with E-state index in [0.29, 0.717) is 17.7 Å². The smallest absolute Gasteiger partial charge is 0.329 e. The average molecular weight is 252 g/mol. The number of carboxylic acid groups (broad SMARTS) is 1. The molecule has 0 heterocycles. The van der Waals surface area contributed by atoms with E-state index in [1.165, 1.54) is 18.2 Å². The van der Waals surface area contributed by atoms with Crippen LogP contribution in [0.25, 0.3) is 0 Å². The second-order valence-electron chi connectivity index (χ2n) is 4.37. The molecule has 1 aromatic rings. The first-order chi connectivity index (χ1) is 8.30. The van der Waals surface area contributed by atoms with Crippen LogP contribution in [0.1, 0.15) is 25.8 Å². The number of non-ortho nitro benzene ring substituents is 1. The monoisotopic (exact) mass is 252 g/mol. The van der Waals surface area contributed by atoms with Crippen molar-refractivity contribution in [3.8, 4) is 0 Å². The standard InChI is InChI=1S/C12H16N2O4/c1-4-12(3,11(15)16)13-10-6-5-9(14(17)18)7-8(10)2/h5-7,13H,4H2,1-3H3,(H,15,16). The Morgan fingerprint density at radius 1 is 1.56 bits per heavy atom. The highest BCUT2D eigenvalue weighted by molar-refractivity contribution is 5.82. The Morgan fingerprint density at radius 2 is 2.17 bits per heavy atom. The summed E-state index contributed by atoms with van der Waals surface area (Å²) >= 11 is 0. The molecule has 2 N–H and O–H groups in total. The van der Waals surface area contributed by atoms with E-state index < -0.39 is 16.4 Å². The molecule has 6 nitrogen and oxygen atoms in total. The lowest BCUT2D eigenvalue weighted by molar-refractivity contribution is -0.384. The Morgan fingerprint density at radius 3 is 2.56 bits per heavy atom. The van der Waals surface area contributed by atoms with E-state index in [-0.39, 0.29) is 5.69 Å². The third-order valence-electron chi connectivity index (χ3n) is 3.01. The van der Waals surface area contributed by atoms with Crippen LogP contribution in [-0.4, -0.2) is 21.5 Å². The van der Waals surface area contributed by atoms with Crippen LogP contribution < -0.4 is 5.32 Å². The minimum Gasteiger partial charge on any atom is -0.480 e. The molecular formula is C12H16N2O4. The molecule has 18 heavy (non-hydrogen) atoms. The van der Waals surface area contributed by atoms with Gasteiger partial charge in [0.15, 0.2) is 0 Å². The molecule has 98 valence electrons. The van der Waals surface area contributed by atoms with Crippen LogP contribution in [-0.2, 0) is 4.79 Å². The molecule has 1 unspecified atom stereocenters. The summed E-state index contributed by atoms with van der Waals surface area (Å²) in [6, 6.07) is 4.30. The minimum atomic E-state index is -1.08. The molecule has 0 aliphatic heterocycles. The van der Waals surface area contributed by atoms with Crippen molar-refractivity contribution in [3.05, 3.63) is 33.9 Å². The lowest BCUT2D eigenvalue weighted by atomic mass is 9.98. The zero-order chi connectivity index (χ0) is 13.9. The molecule has 0 spiro atoms. The topological polar surface area (TPSA) is 92.5 Å². The molecule has 0 fully saturated rings. The molecule has 0 aliphatic rings. The predicted octanol–water partition coefficient (Wildman–Crippen LogP) is 2.57. The maximum Gasteiger partial charge on any atom is 0.329 e. The Balaban J connectivity index is 3.05. The predicted molar refractivity (Wildman–Crippen MR) is 67.8 cm³/mol. The van der Waals surface area contributed by atoms with Crippen LogP contribution in [0.5, 0.6) is 0 Å². The number of carbonyl (C=O) groups is 1. The number of nitro groups is 1. The van der Waals surface area contributed by atoms with Crippen LogP contribution in [0, 0.1) is 17.0 Å². The normalized spacial score (nSPS) is 13.7. The van der Waals surface area contributed by atoms with Crippen molar-refractivity contribution >= 4 is 17.3 Å². The van der Waals surface area contributed by atoms with E-state index in [9.17, 15) is 14.9 Å². The van der Waals surface area contributed by atoms with Crippen molar-refractivity contribution in [2.24, 2.45) is 0 Å². The molecule has 0 saturated heterocycles. The zero-order valence-corrected chi connectivity index (χ0v) is 10.6. The van der Waals surface area contributed by atoms with Crippen LogP contribution in [0.15, 0.2) is 18.2 Å². The SMILES string of the molecule is CCC(C)(Nc1ccc([N+](=O)[O-])cc1C)C(=O)O. The van der Waals surface area contributed by atoms with Crippen molar-refractivity contribution < 1.29 is 14.8 Å². The summed E-state index contributed by atoms with van der Waals surface area (Å²) in [5.74, 6) is -0.956. The Bertz CT molecular complexity index is 487. The number of hydrogen-bond acceptors (Lipinski definition) is 4.